The Balaban J connectivity index is 2.54. The molecule has 1 aromatic carbocycles. The van der Waals surface area contributed by atoms with Crippen LogP contribution in [0.5, 0.6) is 5.75 Å². The van der Waals surface area contributed by atoms with Crippen LogP contribution in [0.3, 0.4) is 0 Å². The van der Waals surface area contributed by atoms with E-state index in [1.165, 1.54) is 7.11 Å². The van der Waals surface area contributed by atoms with Gasteiger partial charge in [-0.2, -0.15) is 0 Å². The quantitative estimate of drug-likeness (QED) is 0.924. The summed E-state index contributed by atoms with van der Waals surface area (Å²) in [6, 6.07) is 8.90. The zero-order valence-corrected chi connectivity index (χ0v) is 11.1. The highest BCUT2D eigenvalue weighted by Gasteiger charge is 2.18. The third-order valence-electron chi connectivity index (χ3n) is 2.79. The van der Waals surface area contributed by atoms with Crippen molar-refractivity contribution in [2.24, 2.45) is 0 Å². The first kappa shape index (κ1) is 12.7. The lowest BCUT2D eigenvalue weighted by molar-refractivity contribution is 0.403. The molecule has 18 heavy (non-hydrogen) atoms. The van der Waals surface area contributed by atoms with E-state index >= 15 is 0 Å². The van der Waals surface area contributed by atoms with Crippen molar-refractivity contribution in [2.75, 3.05) is 12.9 Å². The smallest absolute Gasteiger partial charge is 0.181 e. The minimum Gasteiger partial charge on any atom is -0.495 e. The lowest BCUT2D eigenvalue weighted by Gasteiger charge is -2.10. The molecule has 0 bridgehead atoms. The van der Waals surface area contributed by atoms with E-state index in [0.29, 0.717) is 5.75 Å². The van der Waals surface area contributed by atoms with Crippen LogP contribution in [0.15, 0.2) is 41.4 Å². The maximum Gasteiger partial charge on any atom is 0.181 e. The predicted molar refractivity (Wildman–Crippen MR) is 70.5 cm³/mol. The van der Waals surface area contributed by atoms with Gasteiger partial charge in [0.25, 0.3) is 0 Å². The standard InChI is InChI=1S/C13H15NO3S/c1-3-18(15,16)13-7-6-10(9-12(13)17-2)11-5-4-8-14-11/h4-9,14H,3H2,1-2H3. The highest BCUT2D eigenvalue weighted by Crippen LogP contribution is 2.29. The summed E-state index contributed by atoms with van der Waals surface area (Å²) in [6.45, 7) is 1.62. The lowest BCUT2D eigenvalue weighted by Crippen LogP contribution is -2.05. The molecule has 0 aliphatic heterocycles. The number of benzene rings is 1. The molecular formula is C13H15NO3S. The summed E-state index contributed by atoms with van der Waals surface area (Å²) in [5, 5.41) is 0. The Bertz CT molecular complexity index is 630. The Labute approximate surface area is 107 Å². The molecule has 1 heterocycles. The Morgan fingerprint density at radius 3 is 2.61 bits per heavy atom. The SMILES string of the molecule is CCS(=O)(=O)c1ccc(-c2ccc[nH]2)cc1OC. The number of aromatic amines is 1. The van der Waals surface area contributed by atoms with E-state index in [1.54, 1.807) is 25.1 Å². The van der Waals surface area contributed by atoms with E-state index in [4.69, 9.17) is 4.74 Å². The van der Waals surface area contributed by atoms with Gasteiger partial charge in [0.15, 0.2) is 9.84 Å². The third-order valence-corrected chi connectivity index (χ3v) is 4.56. The van der Waals surface area contributed by atoms with Gasteiger partial charge in [-0.05, 0) is 24.3 Å². The molecule has 0 saturated heterocycles. The van der Waals surface area contributed by atoms with Crippen LogP contribution in [0, 0.1) is 0 Å². The van der Waals surface area contributed by atoms with Gasteiger partial charge in [-0.25, -0.2) is 8.42 Å². The fourth-order valence-corrected chi connectivity index (χ4v) is 2.79. The molecule has 0 unspecified atom stereocenters. The highest BCUT2D eigenvalue weighted by atomic mass is 32.2. The van der Waals surface area contributed by atoms with E-state index in [-0.39, 0.29) is 10.6 Å². The van der Waals surface area contributed by atoms with Crippen molar-refractivity contribution in [3.63, 3.8) is 0 Å². The van der Waals surface area contributed by atoms with Gasteiger partial charge >= 0.3 is 0 Å². The number of hydrogen-bond donors (Lipinski definition) is 1. The van der Waals surface area contributed by atoms with Gasteiger partial charge < -0.3 is 9.72 Å². The maximum atomic E-state index is 11.9. The van der Waals surface area contributed by atoms with E-state index < -0.39 is 9.84 Å². The number of rotatable bonds is 4. The number of nitrogens with one attached hydrogen (secondary N) is 1. The van der Waals surface area contributed by atoms with Crippen LogP contribution >= 0.6 is 0 Å². The molecule has 0 radical (unpaired) electrons. The Kier molecular flexibility index (Phi) is 3.43. The Morgan fingerprint density at radius 1 is 1.28 bits per heavy atom. The van der Waals surface area contributed by atoms with Gasteiger partial charge in [0.2, 0.25) is 0 Å². The summed E-state index contributed by atoms with van der Waals surface area (Å²) >= 11 is 0. The molecule has 0 amide bonds. The molecule has 5 heteroatoms. The summed E-state index contributed by atoms with van der Waals surface area (Å²) in [5.41, 5.74) is 1.82. The molecule has 96 valence electrons. The molecule has 2 rings (SSSR count). The summed E-state index contributed by atoms with van der Waals surface area (Å²) in [6.07, 6.45) is 1.82. The first-order chi connectivity index (χ1) is 8.58. The normalized spacial score (nSPS) is 11.4. The van der Waals surface area contributed by atoms with Gasteiger partial charge in [0, 0.05) is 17.5 Å². The molecule has 0 spiro atoms. The summed E-state index contributed by atoms with van der Waals surface area (Å²) < 4.78 is 29.0. The van der Waals surface area contributed by atoms with Crippen molar-refractivity contribution in [3.05, 3.63) is 36.5 Å². The van der Waals surface area contributed by atoms with Crippen molar-refractivity contribution in [1.82, 2.24) is 4.98 Å². The minimum absolute atomic E-state index is 0.0607. The predicted octanol–water partition coefficient (Wildman–Crippen LogP) is 2.48. The first-order valence-electron chi connectivity index (χ1n) is 5.63. The largest absolute Gasteiger partial charge is 0.495 e. The molecule has 0 aliphatic rings. The maximum absolute atomic E-state index is 11.9. The van der Waals surface area contributed by atoms with Crippen LogP contribution in [0.2, 0.25) is 0 Å². The van der Waals surface area contributed by atoms with Crippen LogP contribution in [0.1, 0.15) is 6.92 Å². The molecule has 0 saturated carbocycles. The van der Waals surface area contributed by atoms with Crippen molar-refractivity contribution < 1.29 is 13.2 Å². The van der Waals surface area contributed by atoms with E-state index in [0.717, 1.165) is 11.3 Å². The van der Waals surface area contributed by atoms with E-state index in [2.05, 4.69) is 4.98 Å². The van der Waals surface area contributed by atoms with Gasteiger partial charge in [-0.3, -0.25) is 0 Å². The number of sulfone groups is 1. The Morgan fingerprint density at radius 2 is 2.06 bits per heavy atom. The van der Waals surface area contributed by atoms with Crippen LogP contribution in [0.25, 0.3) is 11.3 Å². The number of methoxy groups -OCH3 is 1. The molecule has 0 atom stereocenters. The average Bonchev–Trinajstić information content (AvgIpc) is 2.91. The fourth-order valence-electron chi connectivity index (χ4n) is 1.76. The minimum atomic E-state index is -3.26. The van der Waals surface area contributed by atoms with Crippen LogP contribution in [-0.4, -0.2) is 26.3 Å². The van der Waals surface area contributed by atoms with E-state index in [1.807, 2.05) is 18.3 Å². The lowest BCUT2D eigenvalue weighted by atomic mass is 10.1. The number of H-pyrrole nitrogens is 1. The summed E-state index contributed by atoms with van der Waals surface area (Å²) in [4.78, 5) is 3.31. The number of ether oxygens (including phenoxy) is 1. The second-order valence-electron chi connectivity index (χ2n) is 3.85. The Hall–Kier alpha value is -1.75. The third kappa shape index (κ3) is 2.26. The summed E-state index contributed by atoms with van der Waals surface area (Å²) in [7, 11) is -1.79. The van der Waals surface area contributed by atoms with Gasteiger partial charge in [-0.15, -0.1) is 0 Å². The fraction of sp³-hybridized carbons (Fsp3) is 0.231. The summed E-state index contributed by atoms with van der Waals surface area (Å²) in [5.74, 6) is 0.439. The van der Waals surface area contributed by atoms with Crippen LogP contribution in [0.4, 0.5) is 0 Å². The van der Waals surface area contributed by atoms with Crippen LogP contribution in [-0.2, 0) is 9.84 Å². The number of hydrogen-bond acceptors (Lipinski definition) is 3. The molecule has 1 aromatic heterocycles. The monoisotopic (exact) mass is 265 g/mol. The van der Waals surface area contributed by atoms with Gasteiger partial charge in [0.05, 0.1) is 12.9 Å². The van der Waals surface area contributed by atoms with Crippen molar-refractivity contribution >= 4 is 9.84 Å². The van der Waals surface area contributed by atoms with Crippen molar-refractivity contribution in [2.45, 2.75) is 11.8 Å². The highest BCUT2D eigenvalue weighted by molar-refractivity contribution is 7.91. The zero-order valence-electron chi connectivity index (χ0n) is 10.3. The van der Waals surface area contributed by atoms with Crippen LogP contribution < -0.4 is 4.74 Å². The van der Waals surface area contributed by atoms with Crippen molar-refractivity contribution in [3.8, 4) is 17.0 Å². The second kappa shape index (κ2) is 4.86. The van der Waals surface area contributed by atoms with Gasteiger partial charge in [0.1, 0.15) is 10.6 Å². The second-order valence-corrected chi connectivity index (χ2v) is 6.10. The molecule has 2 aromatic rings. The molecule has 4 nitrogen and oxygen atoms in total. The molecule has 1 N–H and O–H groups in total. The first-order valence-corrected chi connectivity index (χ1v) is 7.28. The van der Waals surface area contributed by atoms with Gasteiger partial charge in [-0.1, -0.05) is 13.0 Å². The van der Waals surface area contributed by atoms with E-state index in [9.17, 15) is 8.42 Å². The number of aromatic nitrogens is 1. The topological polar surface area (TPSA) is 59.2 Å². The molecule has 0 fully saturated rings. The zero-order chi connectivity index (χ0) is 13.2. The molecular weight excluding hydrogens is 250 g/mol. The average molecular weight is 265 g/mol. The van der Waals surface area contributed by atoms with Crippen molar-refractivity contribution in [1.29, 1.82) is 0 Å². The molecule has 0 aliphatic carbocycles.